The number of rotatable bonds is 7. The van der Waals surface area contributed by atoms with E-state index in [0.29, 0.717) is 46.9 Å². The SMILES string of the molecule is CCOCCn1c(COc2ccc(Cl)cc2Cl)nc2cc(C(F)(F)F)ccc21. The van der Waals surface area contributed by atoms with Gasteiger partial charge in [-0.3, -0.25) is 0 Å². The topological polar surface area (TPSA) is 36.3 Å². The fourth-order valence-electron chi connectivity index (χ4n) is 2.75. The Bertz CT molecular complexity index is 974. The van der Waals surface area contributed by atoms with Crippen LogP contribution in [0.1, 0.15) is 18.3 Å². The molecule has 1 aromatic heterocycles. The number of ether oxygens (including phenoxy) is 2. The van der Waals surface area contributed by atoms with E-state index in [4.69, 9.17) is 32.7 Å². The zero-order valence-electron chi connectivity index (χ0n) is 14.9. The summed E-state index contributed by atoms with van der Waals surface area (Å²) >= 11 is 12.0. The second-order valence-electron chi connectivity index (χ2n) is 5.94. The van der Waals surface area contributed by atoms with E-state index in [1.54, 1.807) is 22.8 Å². The molecule has 0 radical (unpaired) electrons. The lowest BCUT2D eigenvalue weighted by atomic mass is 10.2. The van der Waals surface area contributed by atoms with Crippen molar-refractivity contribution in [1.29, 1.82) is 0 Å². The molecule has 28 heavy (non-hydrogen) atoms. The molecule has 0 aliphatic rings. The largest absolute Gasteiger partial charge is 0.484 e. The summed E-state index contributed by atoms with van der Waals surface area (Å²) in [5, 5.41) is 0.810. The van der Waals surface area contributed by atoms with Crippen LogP contribution in [-0.2, 0) is 24.1 Å². The van der Waals surface area contributed by atoms with Gasteiger partial charge in [0, 0.05) is 18.2 Å². The van der Waals surface area contributed by atoms with Crippen LogP contribution in [0.2, 0.25) is 10.0 Å². The quantitative estimate of drug-likeness (QED) is 0.431. The molecule has 0 saturated carbocycles. The average molecular weight is 433 g/mol. The third-order valence-corrected chi connectivity index (χ3v) is 4.60. The van der Waals surface area contributed by atoms with Gasteiger partial charge in [-0.15, -0.1) is 0 Å². The lowest BCUT2D eigenvalue weighted by Crippen LogP contribution is -2.11. The first-order valence-electron chi connectivity index (χ1n) is 8.51. The molecule has 3 rings (SSSR count). The minimum atomic E-state index is -4.43. The Labute approximate surface area is 169 Å². The number of benzene rings is 2. The molecular weight excluding hydrogens is 416 g/mol. The van der Waals surface area contributed by atoms with E-state index in [1.165, 1.54) is 6.07 Å². The van der Waals surface area contributed by atoms with Crippen LogP contribution in [0.25, 0.3) is 11.0 Å². The van der Waals surface area contributed by atoms with Crippen LogP contribution in [0.15, 0.2) is 36.4 Å². The van der Waals surface area contributed by atoms with Crippen molar-refractivity contribution in [2.24, 2.45) is 0 Å². The van der Waals surface area contributed by atoms with Crippen molar-refractivity contribution in [2.75, 3.05) is 13.2 Å². The molecule has 0 atom stereocenters. The van der Waals surface area contributed by atoms with Crippen LogP contribution in [-0.4, -0.2) is 22.8 Å². The van der Waals surface area contributed by atoms with Gasteiger partial charge < -0.3 is 14.0 Å². The molecule has 0 aliphatic carbocycles. The minimum absolute atomic E-state index is 0.0313. The molecule has 3 aromatic rings. The average Bonchev–Trinajstić information content (AvgIpc) is 2.97. The number of fused-ring (bicyclic) bond motifs is 1. The van der Waals surface area contributed by atoms with Crippen molar-refractivity contribution in [1.82, 2.24) is 9.55 Å². The van der Waals surface area contributed by atoms with Crippen LogP contribution < -0.4 is 4.74 Å². The van der Waals surface area contributed by atoms with Crippen molar-refractivity contribution in [2.45, 2.75) is 26.3 Å². The molecular formula is C19H17Cl2F3N2O2. The first-order valence-corrected chi connectivity index (χ1v) is 9.27. The lowest BCUT2D eigenvalue weighted by Gasteiger charge is -2.12. The third kappa shape index (κ3) is 4.71. The Morgan fingerprint density at radius 3 is 2.57 bits per heavy atom. The predicted molar refractivity (Wildman–Crippen MR) is 102 cm³/mol. The van der Waals surface area contributed by atoms with Crippen molar-refractivity contribution in [3.8, 4) is 5.75 Å². The van der Waals surface area contributed by atoms with Gasteiger partial charge in [0.05, 0.1) is 28.2 Å². The van der Waals surface area contributed by atoms with E-state index >= 15 is 0 Å². The van der Waals surface area contributed by atoms with E-state index in [-0.39, 0.29) is 12.1 Å². The van der Waals surface area contributed by atoms with E-state index in [2.05, 4.69) is 4.98 Å². The van der Waals surface area contributed by atoms with Crippen LogP contribution in [0.4, 0.5) is 13.2 Å². The number of imidazole rings is 1. The number of hydrogen-bond acceptors (Lipinski definition) is 3. The molecule has 0 aliphatic heterocycles. The molecule has 1 heterocycles. The van der Waals surface area contributed by atoms with Gasteiger partial charge in [0.1, 0.15) is 18.2 Å². The number of halogens is 5. The molecule has 9 heteroatoms. The Morgan fingerprint density at radius 2 is 1.89 bits per heavy atom. The zero-order valence-corrected chi connectivity index (χ0v) is 16.4. The van der Waals surface area contributed by atoms with E-state index in [9.17, 15) is 13.2 Å². The fraction of sp³-hybridized carbons (Fsp3) is 0.316. The van der Waals surface area contributed by atoms with Gasteiger partial charge in [-0.1, -0.05) is 23.2 Å². The Morgan fingerprint density at radius 1 is 1.11 bits per heavy atom. The molecule has 0 amide bonds. The Balaban J connectivity index is 1.92. The maximum absolute atomic E-state index is 13.0. The van der Waals surface area contributed by atoms with Crippen LogP contribution in [0.5, 0.6) is 5.75 Å². The van der Waals surface area contributed by atoms with Gasteiger partial charge in [0.15, 0.2) is 0 Å². The fourth-order valence-corrected chi connectivity index (χ4v) is 3.21. The molecule has 150 valence electrons. The second-order valence-corrected chi connectivity index (χ2v) is 6.78. The Kier molecular flexibility index (Phi) is 6.37. The van der Waals surface area contributed by atoms with Gasteiger partial charge in [0.25, 0.3) is 0 Å². The van der Waals surface area contributed by atoms with Crippen molar-refractivity contribution in [3.63, 3.8) is 0 Å². The first-order chi connectivity index (χ1) is 13.3. The second kappa shape index (κ2) is 8.59. The van der Waals surface area contributed by atoms with Crippen molar-refractivity contribution >= 4 is 34.2 Å². The zero-order chi connectivity index (χ0) is 20.3. The van der Waals surface area contributed by atoms with Gasteiger partial charge >= 0.3 is 6.18 Å². The number of alkyl halides is 3. The summed E-state index contributed by atoms with van der Waals surface area (Å²) < 4.78 is 51.9. The summed E-state index contributed by atoms with van der Waals surface area (Å²) in [4.78, 5) is 4.34. The van der Waals surface area contributed by atoms with E-state index in [0.717, 1.165) is 12.1 Å². The van der Waals surface area contributed by atoms with Crippen molar-refractivity contribution < 1.29 is 22.6 Å². The maximum atomic E-state index is 13.0. The molecule has 0 saturated heterocycles. The highest BCUT2D eigenvalue weighted by Gasteiger charge is 2.31. The number of aromatic nitrogens is 2. The molecule has 0 unspecified atom stereocenters. The normalized spacial score (nSPS) is 11.9. The first kappa shape index (κ1) is 20.8. The van der Waals surface area contributed by atoms with Gasteiger partial charge in [-0.25, -0.2) is 4.98 Å². The molecule has 2 aromatic carbocycles. The van der Waals surface area contributed by atoms with E-state index in [1.807, 2.05) is 6.92 Å². The smallest absolute Gasteiger partial charge is 0.416 e. The molecule has 0 bridgehead atoms. The van der Waals surface area contributed by atoms with Gasteiger partial charge in [-0.2, -0.15) is 13.2 Å². The Hall–Kier alpha value is -1.96. The van der Waals surface area contributed by atoms with Crippen molar-refractivity contribution in [3.05, 3.63) is 57.8 Å². The molecule has 0 fully saturated rings. The highest BCUT2D eigenvalue weighted by molar-refractivity contribution is 6.35. The summed E-state index contributed by atoms with van der Waals surface area (Å²) in [6.07, 6.45) is -4.43. The molecule has 0 N–H and O–H groups in total. The molecule has 4 nitrogen and oxygen atoms in total. The highest BCUT2D eigenvalue weighted by Crippen LogP contribution is 2.32. The van der Waals surface area contributed by atoms with Gasteiger partial charge in [0.2, 0.25) is 0 Å². The summed E-state index contributed by atoms with van der Waals surface area (Å²) in [7, 11) is 0. The predicted octanol–water partition coefficient (Wildman–Crippen LogP) is 5.98. The van der Waals surface area contributed by atoms with E-state index < -0.39 is 11.7 Å². The van der Waals surface area contributed by atoms with Gasteiger partial charge in [-0.05, 0) is 43.3 Å². The maximum Gasteiger partial charge on any atom is 0.416 e. The summed E-state index contributed by atoms with van der Waals surface area (Å²) in [6.45, 7) is 3.27. The molecule has 0 spiro atoms. The monoisotopic (exact) mass is 432 g/mol. The highest BCUT2D eigenvalue weighted by atomic mass is 35.5. The van der Waals surface area contributed by atoms with Crippen LogP contribution in [0.3, 0.4) is 0 Å². The number of hydrogen-bond donors (Lipinski definition) is 0. The minimum Gasteiger partial charge on any atom is -0.484 e. The summed E-state index contributed by atoms with van der Waals surface area (Å²) in [5.74, 6) is 0.880. The van der Waals surface area contributed by atoms with Crippen LogP contribution >= 0.6 is 23.2 Å². The standard InChI is InChI=1S/C19H17Cl2F3N2O2/c1-2-27-8-7-26-16-5-3-12(19(22,23)24)9-15(16)25-18(26)11-28-17-6-4-13(20)10-14(17)21/h3-6,9-10H,2,7-8,11H2,1H3. The summed E-state index contributed by atoms with van der Waals surface area (Å²) in [5.41, 5.74) is 0.0725. The third-order valence-electron chi connectivity index (χ3n) is 4.07. The summed E-state index contributed by atoms with van der Waals surface area (Å²) in [6, 6.07) is 8.30. The van der Waals surface area contributed by atoms with Crippen LogP contribution in [0, 0.1) is 0 Å². The lowest BCUT2D eigenvalue weighted by molar-refractivity contribution is -0.137. The number of nitrogens with zero attached hydrogens (tertiary/aromatic N) is 2.